The Morgan fingerprint density at radius 2 is 2.12 bits per heavy atom. The fraction of sp³-hybridized carbons (Fsp3) is 0.462. The molecule has 0 bridgehead atoms. The highest BCUT2D eigenvalue weighted by molar-refractivity contribution is 6.07. The van der Waals surface area contributed by atoms with E-state index in [9.17, 15) is 4.79 Å². The van der Waals surface area contributed by atoms with Gasteiger partial charge in [-0.25, -0.2) is 0 Å². The molecule has 1 N–H and O–H groups in total. The summed E-state index contributed by atoms with van der Waals surface area (Å²) in [4.78, 5) is 14.0. The summed E-state index contributed by atoms with van der Waals surface area (Å²) in [5.74, 6) is 0.884. The molecule has 0 aromatic heterocycles. The van der Waals surface area contributed by atoms with Crippen molar-refractivity contribution in [3.05, 3.63) is 18.2 Å². The molecule has 0 saturated heterocycles. The van der Waals surface area contributed by atoms with Crippen LogP contribution in [0.1, 0.15) is 20.8 Å². The molecule has 17 heavy (non-hydrogen) atoms. The summed E-state index contributed by atoms with van der Waals surface area (Å²) < 4.78 is 5.20. The lowest BCUT2D eigenvalue weighted by atomic mass is 9.98. The van der Waals surface area contributed by atoms with Gasteiger partial charge in [-0.15, -0.1) is 0 Å². The highest BCUT2D eigenvalue weighted by Gasteiger charge is 2.37. The Hall–Kier alpha value is -1.71. The lowest BCUT2D eigenvalue weighted by molar-refractivity contribution is -0.122. The Kier molecular flexibility index (Phi) is 2.73. The van der Waals surface area contributed by atoms with E-state index in [1.807, 2.05) is 39.0 Å². The summed E-state index contributed by atoms with van der Waals surface area (Å²) >= 11 is 0. The van der Waals surface area contributed by atoms with Crippen molar-refractivity contribution in [2.45, 2.75) is 26.3 Å². The van der Waals surface area contributed by atoms with Gasteiger partial charge >= 0.3 is 0 Å². The van der Waals surface area contributed by atoms with E-state index in [2.05, 4.69) is 5.32 Å². The minimum Gasteiger partial charge on any atom is -0.497 e. The summed E-state index contributed by atoms with van der Waals surface area (Å²) in [7, 11) is 1.64. The standard InChI is InChI=1S/C13H18N2O2/c1-5-15-11-7-6-9(17-4)8-10(11)14-13(2,3)12(15)16/h6-8,14H,5H2,1-4H3. The minimum atomic E-state index is -0.574. The zero-order valence-corrected chi connectivity index (χ0v) is 10.7. The van der Waals surface area contributed by atoms with Gasteiger partial charge in [0.15, 0.2) is 0 Å². The molecule has 0 saturated carbocycles. The molecule has 1 amide bonds. The van der Waals surface area contributed by atoms with Crippen molar-refractivity contribution in [1.29, 1.82) is 0 Å². The number of carbonyl (C=O) groups is 1. The maximum Gasteiger partial charge on any atom is 0.252 e. The van der Waals surface area contributed by atoms with E-state index < -0.39 is 5.54 Å². The van der Waals surface area contributed by atoms with Crippen molar-refractivity contribution in [2.24, 2.45) is 0 Å². The van der Waals surface area contributed by atoms with Crippen molar-refractivity contribution in [2.75, 3.05) is 23.9 Å². The quantitative estimate of drug-likeness (QED) is 0.853. The van der Waals surface area contributed by atoms with Gasteiger partial charge in [0, 0.05) is 12.6 Å². The molecule has 0 atom stereocenters. The van der Waals surface area contributed by atoms with Gasteiger partial charge in [-0.2, -0.15) is 0 Å². The average molecular weight is 234 g/mol. The highest BCUT2D eigenvalue weighted by atomic mass is 16.5. The van der Waals surface area contributed by atoms with Crippen LogP contribution in [0.2, 0.25) is 0 Å². The molecule has 0 aliphatic carbocycles. The third kappa shape index (κ3) is 1.84. The third-order valence-corrected chi connectivity index (χ3v) is 3.04. The predicted molar refractivity (Wildman–Crippen MR) is 68.7 cm³/mol. The van der Waals surface area contributed by atoms with Gasteiger partial charge in [0.05, 0.1) is 18.5 Å². The molecule has 4 heteroatoms. The van der Waals surface area contributed by atoms with Crippen LogP contribution in [0.15, 0.2) is 18.2 Å². The first-order valence-corrected chi connectivity index (χ1v) is 5.78. The van der Waals surface area contributed by atoms with Crippen LogP contribution in [0, 0.1) is 0 Å². The second-order valence-corrected chi connectivity index (χ2v) is 4.68. The summed E-state index contributed by atoms with van der Waals surface area (Å²) in [6, 6.07) is 5.71. The van der Waals surface area contributed by atoms with E-state index in [4.69, 9.17) is 4.74 Å². The molecule has 1 aromatic carbocycles. The summed E-state index contributed by atoms with van der Waals surface area (Å²) in [6.07, 6.45) is 0. The number of fused-ring (bicyclic) bond motifs is 1. The molecule has 1 heterocycles. The van der Waals surface area contributed by atoms with E-state index in [-0.39, 0.29) is 5.91 Å². The molecule has 0 spiro atoms. The first-order valence-electron chi connectivity index (χ1n) is 5.78. The number of amides is 1. The van der Waals surface area contributed by atoms with Crippen LogP contribution in [-0.4, -0.2) is 25.1 Å². The second kappa shape index (κ2) is 3.95. The zero-order valence-electron chi connectivity index (χ0n) is 10.7. The zero-order chi connectivity index (χ0) is 12.6. The van der Waals surface area contributed by atoms with Crippen LogP contribution in [0.25, 0.3) is 0 Å². The van der Waals surface area contributed by atoms with Crippen molar-refractivity contribution < 1.29 is 9.53 Å². The van der Waals surface area contributed by atoms with E-state index >= 15 is 0 Å². The molecule has 0 fully saturated rings. The molecule has 2 rings (SSSR count). The van der Waals surface area contributed by atoms with Crippen LogP contribution in [0.4, 0.5) is 11.4 Å². The molecular weight excluding hydrogens is 216 g/mol. The maximum absolute atomic E-state index is 12.2. The number of anilines is 2. The normalized spacial score (nSPS) is 17.4. The predicted octanol–water partition coefficient (Wildman–Crippen LogP) is 2.25. The molecule has 0 unspecified atom stereocenters. The summed E-state index contributed by atoms with van der Waals surface area (Å²) in [5.41, 5.74) is 1.28. The number of nitrogens with one attached hydrogen (secondary N) is 1. The smallest absolute Gasteiger partial charge is 0.252 e. The van der Waals surface area contributed by atoms with Crippen molar-refractivity contribution in [3.8, 4) is 5.75 Å². The Bertz CT molecular complexity index is 455. The first-order chi connectivity index (χ1) is 7.99. The maximum atomic E-state index is 12.2. The lowest BCUT2D eigenvalue weighted by Crippen LogP contribution is -2.53. The van der Waals surface area contributed by atoms with Gasteiger partial charge in [0.2, 0.25) is 0 Å². The topological polar surface area (TPSA) is 41.6 Å². The van der Waals surface area contributed by atoms with Crippen molar-refractivity contribution in [1.82, 2.24) is 0 Å². The van der Waals surface area contributed by atoms with Gasteiger partial charge in [-0.05, 0) is 32.9 Å². The molecular formula is C13H18N2O2. The van der Waals surface area contributed by atoms with Gasteiger partial charge in [0.1, 0.15) is 11.3 Å². The Morgan fingerprint density at radius 3 is 2.71 bits per heavy atom. The summed E-state index contributed by atoms with van der Waals surface area (Å²) in [5, 5.41) is 3.25. The number of nitrogens with zero attached hydrogens (tertiary/aromatic N) is 1. The van der Waals surface area contributed by atoms with Crippen molar-refractivity contribution in [3.63, 3.8) is 0 Å². The van der Waals surface area contributed by atoms with Crippen LogP contribution in [0.3, 0.4) is 0 Å². The fourth-order valence-electron chi connectivity index (χ4n) is 2.13. The highest BCUT2D eigenvalue weighted by Crippen LogP contribution is 2.37. The molecule has 92 valence electrons. The Morgan fingerprint density at radius 1 is 1.41 bits per heavy atom. The molecule has 0 radical (unpaired) electrons. The number of likely N-dealkylation sites (N-methyl/N-ethyl adjacent to an activating group) is 1. The van der Waals surface area contributed by atoms with Crippen molar-refractivity contribution >= 4 is 17.3 Å². The monoisotopic (exact) mass is 234 g/mol. The van der Waals surface area contributed by atoms with E-state index in [1.165, 1.54) is 0 Å². The summed E-state index contributed by atoms with van der Waals surface area (Å²) in [6.45, 7) is 6.43. The average Bonchev–Trinajstić information content (AvgIpc) is 2.30. The van der Waals surface area contributed by atoms with Gasteiger partial charge < -0.3 is 15.0 Å². The minimum absolute atomic E-state index is 0.0951. The molecule has 4 nitrogen and oxygen atoms in total. The van der Waals surface area contributed by atoms with Gasteiger partial charge in [-0.1, -0.05) is 0 Å². The Balaban J connectivity index is 2.52. The number of hydrogen-bond acceptors (Lipinski definition) is 3. The number of ether oxygens (including phenoxy) is 1. The second-order valence-electron chi connectivity index (χ2n) is 4.68. The van der Waals surface area contributed by atoms with Crippen LogP contribution < -0.4 is 15.0 Å². The number of benzene rings is 1. The number of rotatable bonds is 2. The van der Waals surface area contributed by atoms with Gasteiger partial charge in [-0.3, -0.25) is 4.79 Å². The van der Waals surface area contributed by atoms with Crippen LogP contribution >= 0.6 is 0 Å². The van der Waals surface area contributed by atoms with Crippen LogP contribution in [0.5, 0.6) is 5.75 Å². The first kappa shape index (κ1) is 11.8. The fourth-order valence-corrected chi connectivity index (χ4v) is 2.13. The number of hydrogen-bond donors (Lipinski definition) is 1. The molecule has 1 aliphatic rings. The lowest BCUT2D eigenvalue weighted by Gasteiger charge is -2.39. The number of methoxy groups -OCH3 is 1. The van der Waals surface area contributed by atoms with Gasteiger partial charge in [0.25, 0.3) is 5.91 Å². The third-order valence-electron chi connectivity index (χ3n) is 3.04. The molecule has 1 aliphatic heterocycles. The molecule has 1 aromatic rings. The van der Waals surface area contributed by atoms with E-state index in [1.54, 1.807) is 12.0 Å². The van der Waals surface area contributed by atoms with E-state index in [0.717, 1.165) is 17.1 Å². The SMILES string of the molecule is CCN1C(=O)C(C)(C)Nc2cc(OC)ccc21. The van der Waals surface area contributed by atoms with Crippen LogP contribution in [-0.2, 0) is 4.79 Å². The largest absolute Gasteiger partial charge is 0.497 e. The van der Waals surface area contributed by atoms with E-state index in [0.29, 0.717) is 6.54 Å². The number of carbonyl (C=O) groups excluding carboxylic acids is 1. The Labute approximate surface area is 102 Å².